The fourth-order valence-electron chi connectivity index (χ4n) is 1.60. The Balaban J connectivity index is 3.12. The molecule has 0 saturated carbocycles. The number of hydrogen-bond acceptors (Lipinski definition) is 4. The van der Waals surface area contributed by atoms with Gasteiger partial charge in [0.25, 0.3) is 0 Å². The number of thiocarbonyl (C=S) groups is 1. The molecule has 1 rings (SSSR count). The van der Waals surface area contributed by atoms with Crippen molar-refractivity contribution < 1.29 is 13.2 Å². The number of nitrogens with zero attached hydrogens (tertiary/aromatic N) is 1. The third-order valence-electron chi connectivity index (χ3n) is 2.76. The van der Waals surface area contributed by atoms with Gasteiger partial charge >= 0.3 is 0 Å². The molecule has 0 aromatic heterocycles. The van der Waals surface area contributed by atoms with E-state index in [9.17, 15) is 8.42 Å². The minimum Gasteiger partial charge on any atom is -0.389 e. The third kappa shape index (κ3) is 3.73. The standard InChI is InChI=1S/C12H18N2O3S2/c1-9-8-10(12(13)18)4-5-11(9)19(15,16)14(2)6-7-17-3/h4-5,8H,6-7H2,1-3H3,(H2,13,18). The molecule has 0 spiro atoms. The molecule has 0 radical (unpaired) electrons. The van der Waals surface area contributed by atoms with Gasteiger partial charge < -0.3 is 10.5 Å². The first kappa shape index (κ1) is 16.0. The average Bonchev–Trinajstić information content (AvgIpc) is 2.35. The van der Waals surface area contributed by atoms with Gasteiger partial charge in [0.05, 0.1) is 11.5 Å². The van der Waals surface area contributed by atoms with Crippen molar-refractivity contribution in [2.45, 2.75) is 11.8 Å². The van der Waals surface area contributed by atoms with E-state index in [2.05, 4.69) is 0 Å². The van der Waals surface area contributed by atoms with Crippen LogP contribution >= 0.6 is 12.2 Å². The maximum atomic E-state index is 12.3. The molecule has 19 heavy (non-hydrogen) atoms. The summed E-state index contributed by atoms with van der Waals surface area (Å²) in [7, 11) is -0.462. The molecule has 2 N–H and O–H groups in total. The molecule has 106 valence electrons. The van der Waals surface area contributed by atoms with Crippen LogP contribution in [0.5, 0.6) is 0 Å². The van der Waals surface area contributed by atoms with E-state index >= 15 is 0 Å². The summed E-state index contributed by atoms with van der Waals surface area (Å²) in [5.41, 5.74) is 6.80. The number of methoxy groups -OCH3 is 1. The first-order valence-electron chi connectivity index (χ1n) is 5.66. The SMILES string of the molecule is COCCN(C)S(=O)(=O)c1ccc(C(N)=S)cc1C. The minimum atomic E-state index is -3.52. The van der Waals surface area contributed by atoms with Crippen LogP contribution in [0.2, 0.25) is 0 Å². The van der Waals surface area contributed by atoms with Crippen LogP contribution in [0.1, 0.15) is 11.1 Å². The van der Waals surface area contributed by atoms with Gasteiger partial charge in [-0.25, -0.2) is 8.42 Å². The highest BCUT2D eigenvalue weighted by atomic mass is 32.2. The zero-order valence-corrected chi connectivity index (χ0v) is 12.8. The van der Waals surface area contributed by atoms with E-state index in [1.54, 1.807) is 19.1 Å². The lowest BCUT2D eigenvalue weighted by Gasteiger charge is -2.18. The van der Waals surface area contributed by atoms with Crippen LogP contribution in [-0.2, 0) is 14.8 Å². The van der Waals surface area contributed by atoms with E-state index < -0.39 is 10.0 Å². The average molecular weight is 302 g/mol. The second-order valence-corrected chi connectivity index (χ2v) is 6.62. The molecule has 1 aromatic carbocycles. The van der Waals surface area contributed by atoms with E-state index in [1.807, 2.05) is 0 Å². The van der Waals surface area contributed by atoms with Crippen molar-refractivity contribution in [2.75, 3.05) is 27.3 Å². The Bertz CT molecular complexity index is 570. The molecule has 0 aliphatic rings. The number of aryl methyl sites for hydroxylation is 1. The zero-order valence-electron chi connectivity index (χ0n) is 11.2. The molecule has 0 heterocycles. The van der Waals surface area contributed by atoms with Gasteiger partial charge in [-0.3, -0.25) is 0 Å². The van der Waals surface area contributed by atoms with Crippen molar-refractivity contribution in [2.24, 2.45) is 5.73 Å². The lowest BCUT2D eigenvalue weighted by atomic mass is 10.1. The molecule has 0 saturated heterocycles. The van der Waals surface area contributed by atoms with E-state index in [1.165, 1.54) is 24.5 Å². The van der Waals surface area contributed by atoms with E-state index in [4.69, 9.17) is 22.7 Å². The Labute approximate surface area is 119 Å². The highest BCUT2D eigenvalue weighted by Gasteiger charge is 2.22. The van der Waals surface area contributed by atoms with E-state index in [0.717, 1.165) is 0 Å². The summed E-state index contributed by atoms with van der Waals surface area (Å²) in [4.78, 5) is 0.505. The normalized spacial score (nSPS) is 11.8. The second-order valence-electron chi connectivity index (χ2n) is 4.16. The highest BCUT2D eigenvalue weighted by Crippen LogP contribution is 2.20. The number of hydrogen-bond donors (Lipinski definition) is 1. The van der Waals surface area contributed by atoms with E-state index in [-0.39, 0.29) is 9.88 Å². The number of ether oxygens (including phenoxy) is 1. The first-order valence-corrected chi connectivity index (χ1v) is 7.51. The van der Waals surface area contributed by atoms with Crippen molar-refractivity contribution in [3.05, 3.63) is 29.3 Å². The van der Waals surface area contributed by atoms with Gasteiger partial charge in [0.2, 0.25) is 10.0 Å². The van der Waals surface area contributed by atoms with Crippen molar-refractivity contribution >= 4 is 27.2 Å². The van der Waals surface area contributed by atoms with Gasteiger partial charge in [0.15, 0.2) is 0 Å². The van der Waals surface area contributed by atoms with Gasteiger partial charge in [-0.2, -0.15) is 4.31 Å². The molecule has 0 unspecified atom stereocenters. The highest BCUT2D eigenvalue weighted by molar-refractivity contribution is 7.89. The summed E-state index contributed by atoms with van der Waals surface area (Å²) >= 11 is 4.87. The van der Waals surface area contributed by atoms with Gasteiger partial charge in [0, 0.05) is 26.3 Å². The zero-order chi connectivity index (χ0) is 14.6. The molecule has 0 amide bonds. The third-order valence-corrected chi connectivity index (χ3v) is 5.01. The first-order chi connectivity index (χ1) is 8.80. The van der Waals surface area contributed by atoms with Crippen LogP contribution in [0.4, 0.5) is 0 Å². The molecule has 0 bridgehead atoms. The van der Waals surface area contributed by atoms with Crippen molar-refractivity contribution in [3.63, 3.8) is 0 Å². The Kier molecular flexibility index (Phi) is 5.42. The molecule has 0 aliphatic heterocycles. The van der Waals surface area contributed by atoms with Crippen LogP contribution < -0.4 is 5.73 Å². The smallest absolute Gasteiger partial charge is 0.243 e. The van der Waals surface area contributed by atoms with Crippen molar-refractivity contribution in [3.8, 4) is 0 Å². The molecule has 1 aromatic rings. The predicted molar refractivity (Wildman–Crippen MR) is 78.8 cm³/mol. The number of benzene rings is 1. The number of sulfonamides is 1. The van der Waals surface area contributed by atoms with E-state index in [0.29, 0.717) is 24.3 Å². The molecule has 0 atom stereocenters. The van der Waals surface area contributed by atoms with Gasteiger partial charge in [-0.05, 0) is 24.6 Å². The lowest BCUT2D eigenvalue weighted by Crippen LogP contribution is -2.30. The Morgan fingerprint density at radius 1 is 1.47 bits per heavy atom. The van der Waals surface area contributed by atoms with Crippen LogP contribution in [0.3, 0.4) is 0 Å². The van der Waals surface area contributed by atoms with Gasteiger partial charge in [0.1, 0.15) is 4.99 Å². The van der Waals surface area contributed by atoms with Crippen molar-refractivity contribution in [1.82, 2.24) is 4.31 Å². The molecule has 0 fully saturated rings. The largest absolute Gasteiger partial charge is 0.389 e. The minimum absolute atomic E-state index is 0.250. The maximum Gasteiger partial charge on any atom is 0.243 e. The van der Waals surface area contributed by atoms with Gasteiger partial charge in [-0.15, -0.1) is 0 Å². The van der Waals surface area contributed by atoms with Crippen LogP contribution in [-0.4, -0.2) is 45.0 Å². The summed E-state index contributed by atoms with van der Waals surface area (Å²) in [6, 6.07) is 4.83. The number of likely N-dealkylation sites (N-methyl/N-ethyl adjacent to an activating group) is 1. The summed E-state index contributed by atoms with van der Waals surface area (Å²) < 4.78 is 30.8. The fourth-order valence-corrected chi connectivity index (χ4v) is 3.08. The Morgan fingerprint density at radius 3 is 2.58 bits per heavy atom. The maximum absolute atomic E-state index is 12.3. The van der Waals surface area contributed by atoms with Crippen LogP contribution in [0.15, 0.2) is 23.1 Å². The fraction of sp³-hybridized carbons (Fsp3) is 0.417. The van der Waals surface area contributed by atoms with Crippen LogP contribution in [0, 0.1) is 6.92 Å². The topological polar surface area (TPSA) is 72.6 Å². The summed E-state index contributed by atoms with van der Waals surface area (Å²) in [6.07, 6.45) is 0. The summed E-state index contributed by atoms with van der Waals surface area (Å²) in [6.45, 7) is 2.37. The molecule has 7 heteroatoms. The Hall–Kier alpha value is -1.02. The summed E-state index contributed by atoms with van der Waals surface area (Å²) in [5, 5.41) is 0. The second kappa shape index (κ2) is 6.42. The number of rotatable bonds is 6. The quantitative estimate of drug-likeness (QED) is 0.790. The predicted octanol–water partition coefficient (Wildman–Crippen LogP) is 0.896. The van der Waals surface area contributed by atoms with Gasteiger partial charge in [-0.1, -0.05) is 18.3 Å². The van der Waals surface area contributed by atoms with Crippen LogP contribution in [0.25, 0.3) is 0 Å². The molecule has 0 aliphatic carbocycles. The summed E-state index contributed by atoms with van der Waals surface area (Å²) in [5.74, 6) is 0. The molecular formula is C12H18N2O3S2. The lowest BCUT2D eigenvalue weighted by molar-refractivity contribution is 0.185. The molecule has 5 nitrogen and oxygen atoms in total. The Morgan fingerprint density at radius 2 is 2.11 bits per heavy atom. The monoisotopic (exact) mass is 302 g/mol. The van der Waals surface area contributed by atoms with Crippen molar-refractivity contribution in [1.29, 1.82) is 0 Å². The molecular weight excluding hydrogens is 284 g/mol. The number of nitrogens with two attached hydrogens (primary N) is 1.